The van der Waals surface area contributed by atoms with Gasteiger partial charge in [-0.1, -0.05) is 23.2 Å². The lowest BCUT2D eigenvalue weighted by Crippen LogP contribution is -2.47. The molecule has 0 saturated heterocycles. The van der Waals surface area contributed by atoms with Gasteiger partial charge in [-0.25, -0.2) is 9.07 Å². The zero-order valence-electron chi connectivity index (χ0n) is 15.0. The minimum atomic E-state index is -1.32. The summed E-state index contributed by atoms with van der Waals surface area (Å²) < 4.78 is 14.2. The van der Waals surface area contributed by atoms with Gasteiger partial charge in [0, 0.05) is 27.4 Å². The SMILES string of the molecule is CC(C)(C(=O)Nc1cc(Cl)cc(Cl)c1)n1nc(-c2ccc(F)cc2)ccc1=O. The van der Waals surface area contributed by atoms with Crippen LogP contribution in [0.2, 0.25) is 10.0 Å². The van der Waals surface area contributed by atoms with Crippen molar-refractivity contribution in [1.29, 1.82) is 0 Å². The number of benzene rings is 2. The van der Waals surface area contributed by atoms with E-state index in [-0.39, 0.29) is 5.82 Å². The number of carbonyl (C=O) groups excluding carboxylic acids is 1. The largest absolute Gasteiger partial charge is 0.324 e. The Hall–Kier alpha value is -2.70. The van der Waals surface area contributed by atoms with Crippen molar-refractivity contribution in [2.45, 2.75) is 19.4 Å². The standard InChI is InChI=1S/C20H16Cl2FN3O2/c1-20(2,19(28)24-16-10-13(21)9-14(22)11-16)26-18(27)8-7-17(25-26)12-3-5-15(23)6-4-12/h3-11H,1-2H3,(H,24,28). The lowest BCUT2D eigenvalue weighted by molar-refractivity contribution is -0.123. The number of aromatic nitrogens is 2. The van der Waals surface area contributed by atoms with Gasteiger partial charge in [-0.15, -0.1) is 0 Å². The van der Waals surface area contributed by atoms with Crippen LogP contribution in [0.15, 0.2) is 59.4 Å². The molecule has 2 aromatic carbocycles. The van der Waals surface area contributed by atoms with E-state index in [4.69, 9.17) is 23.2 Å². The quantitative estimate of drug-likeness (QED) is 0.664. The third-order valence-corrected chi connectivity index (χ3v) is 4.58. The average Bonchev–Trinajstić information content (AvgIpc) is 2.62. The predicted octanol–water partition coefficient (Wildman–Crippen LogP) is 4.73. The molecule has 1 N–H and O–H groups in total. The van der Waals surface area contributed by atoms with Gasteiger partial charge >= 0.3 is 0 Å². The summed E-state index contributed by atoms with van der Waals surface area (Å²) in [5.41, 5.74) is -0.310. The highest BCUT2D eigenvalue weighted by Gasteiger charge is 2.32. The number of halogens is 3. The van der Waals surface area contributed by atoms with Crippen LogP contribution in [0, 0.1) is 5.82 Å². The van der Waals surface area contributed by atoms with Gasteiger partial charge in [0.1, 0.15) is 11.4 Å². The van der Waals surface area contributed by atoms with Gasteiger partial charge in [0.15, 0.2) is 0 Å². The van der Waals surface area contributed by atoms with E-state index in [9.17, 15) is 14.0 Å². The van der Waals surface area contributed by atoms with Gasteiger partial charge in [-0.05, 0) is 62.4 Å². The number of nitrogens with one attached hydrogen (secondary N) is 1. The van der Waals surface area contributed by atoms with Crippen LogP contribution in [-0.2, 0) is 10.3 Å². The van der Waals surface area contributed by atoms with E-state index in [1.54, 1.807) is 44.2 Å². The molecule has 0 saturated carbocycles. The first-order valence-corrected chi connectivity index (χ1v) is 9.07. The molecular weight excluding hydrogens is 404 g/mol. The molecule has 1 aromatic heterocycles. The van der Waals surface area contributed by atoms with Crippen molar-refractivity contribution < 1.29 is 9.18 Å². The van der Waals surface area contributed by atoms with Gasteiger partial charge in [-0.2, -0.15) is 5.10 Å². The monoisotopic (exact) mass is 419 g/mol. The normalized spacial score (nSPS) is 11.3. The second-order valence-electron chi connectivity index (χ2n) is 6.65. The molecule has 0 aliphatic heterocycles. The molecule has 0 aliphatic rings. The highest BCUT2D eigenvalue weighted by molar-refractivity contribution is 6.35. The molecule has 0 aliphatic carbocycles. The molecule has 0 unspecified atom stereocenters. The maximum Gasteiger partial charge on any atom is 0.267 e. The summed E-state index contributed by atoms with van der Waals surface area (Å²) in [5, 5.41) is 7.75. The van der Waals surface area contributed by atoms with E-state index < -0.39 is 17.0 Å². The van der Waals surface area contributed by atoms with Gasteiger partial charge < -0.3 is 5.32 Å². The van der Waals surface area contributed by atoms with Crippen molar-refractivity contribution in [3.05, 3.63) is 80.8 Å². The topological polar surface area (TPSA) is 64.0 Å². The number of hydrogen-bond donors (Lipinski definition) is 1. The molecule has 3 rings (SSSR count). The Morgan fingerprint density at radius 3 is 2.25 bits per heavy atom. The first-order chi connectivity index (χ1) is 13.2. The zero-order valence-corrected chi connectivity index (χ0v) is 16.6. The molecule has 3 aromatic rings. The third kappa shape index (κ3) is 4.24. The molecule has 1 heterocycles. The van der Waals surface area contributed by atoms with Crippen molar-refractivity contribution in [2.75, 3.05) is 5.32 Å². The van der Waals surface area contributed by atoms with Gasteiger partial charge in [0.05, 0.1) is 5.69 Å². The van der Waals surface area contributed by atoms with E-state index >= 15 is 0 Å². The summed E-state index contributed by atoms with van der Waals surface area (Å²) in [6.45, 7) is 3.13. The molecule has 0 spiro atoms. The highest BCUT2D eigenvalue weighted by atomic mass is 35.5. The number of amides is 1. The molecular formula is C20H16Cl2FN3O2. The Morgan fingerprint density at radius 2 is 1.64 bits per heavy atom. The van der Waals surface area contributed by atoms with Crippen LogP contribution in [0.5, 0.6) is 0 Å². The van der Waals surface area contributed by atoms with Crippen molar-refractivity contribution in [1.82, 2.24) is 9.78 Å². The number of rotatable bonds is 4. The molecule has 0 radical (unpaired) electrons. The highest BCUT2D eigenvalue weighted by Crippen LogP contribution is 2.24. The van der Waals surface area contributed by atoms with E-state index in [0.29, 0.717) is 27.0 Å². The van der Waals surface area contributed by atoms with Crippen LogP contribution in [0.25, 0.3) is 11.3 Å². The van der Waals surface area contributed by atoms with Crippen molar-refractivity contribution in [3.8, 4) is 11.3 Å². The predicted molar refractivity (Wildman–Crippen MR) is 108 cm³/mol. The first kappa shape index (κ1) is 20.0. The molecule has 0 atom stereocenters. The lowest BCUT2D eigenvalue weighted by Gasteiger charge is -2.25. The van der Waals surface area contributed by atoms with Crippen molar-refractivity contribution >= 4 is 34.8 Å². The third-order valence-electron chi connectivity index (χ3n) is 4.15. The molecule has 5 nitrogen and oxygen atoms in total. The number of carbonyl (C=O) groups is 1. The second kappa shape index (κ2) is 7.73. The van der Waals surface area contributed by atoms with Gasteiger partial charge in [0.2, 0.25) is 0 Å². The number of nitrogens with zero attached hydrogens (tertiary/aromatic N) is 2. The summed E-state index contributed by atoms with van der Waals surface area (Å²) in [5.74, 6) is -0.853. The molecule has 0 fully saturated rings. The fourth-order valence-electron chi connectivity index (χ4n) is 2.59. The van der Waals surface area contributed by atoms with Crippen LogP contribution >= 0.6 is 23.2 Å². The number of hydrogen-bond acceptors (Lipinski definition) is 3. The minimum Gasteiger partial charge on any atom is -0.324 e. The molecule has 144 valence electrons. The Balaban J connectivity index is 1.96. The molecule has 1 amide bonds. The fourth-order valence-corrected chi connectivity index (χ4v) is 3.12. The maximum atomic E-state index is 13.2. The minimum absolute atomic E-state index is 0.370. The summed E-state index contributed by atoms with van der Waals surface area (Å²) in [6.07, 6.45) is 0. The van der Waals surface area contributed by atoms with Crippen LogP contribution in [0.1, 0.15) is 13.8 Å². The Morgan fingerprint density at radius 1 is 1.04 bits per heavy atom. The maximum absolute atomic E-state index is 13.2. The zero-order chi connectivity index (χ0) is 20.5. The smallest absolute Gasteiger partial charge is 0.267 e. The Labute approximate surface area is 170 Å². The van der Waals surface area contributed by atoms with Crippen LogP contribution in [-0.4, -0.2) is 15.7 Å². The Bertz CT molecular complexity index is 1080. The van der Waals surface area contributed by atoms with Crippen LogP contribution in [0.3, 0.4) is 0 Å². The fraction of sp³-hybridized carbons (Fsp3) is 0.150. The summed E-state index contributed by atoms with van der Waals surface area (Å²) in [4.78, 5) is 25.2. The van der Waals surface area contributed by atoms with Crippen molar-refractivity contribution in [2.24, 2.45) is 0 Å². The van der Waals surface area contributed by atoms with Crippen LogP contribution in [0.4, 0.5) is 10.1 Å². The first-order valence-electron chi connectivity index (χ1n) is 8.31. The number of anilines is 1. The Kier molecular flexibility index (Phi) is 5.54. The van der Waals surface area contributed by atoms with E-state index in [1.165, 1.54) is 24.3 Å². The summed E-state index contributed by atoms with van der Waals surface area (Å²) >= 11 is 11.9. The van der Waals surface area contributed by atoms with Crippen molar-refractivity contribution in [3.63, 3.8) is 0 Å². The molecule has 8 heteroatoms. The van der Waals surface area contributed by atoms with E-state index in [0.717, 1.165) is 4.68 Å². The molecule has 0 bridgehead atoms. The summed E-state index contributed by atoms with van der Waals surface area (Å²) in [6, 6.07) is 13.2. The lowest BCUT2D eigenvalue weighted by atomic mass is 10.0. The van der Waals surface area contributed by atoms with E-state index in [2.05, 4.69) is 10.4 Å². The second-order valence-corrected chi connectivity index (χ2v) is 7.52. The van der Waals surface area contributed by atoms with Gasteiger partial charge in [0.25, 0.3) is 11.5 Å². The van der Waals surface area contributed by atoms with Gasteiger partial charge in [-0.3, -0.25) is 9.59 Å². The summed E-state index contributed by atoms with van der Waals surface area (Å²) in [7, 11) is 0. The average molecular weight is 420 g/mol. The van der Waals surface area contributed by atoms with Crippen LogP contribution < -0.4 is 10.9 Å². The molecule has 28 heavy (non-hydrogen) atoms. The van der Waals surface area contributed by atoms with E-state index in [1.807, 2.05) is 0 Å².